The highest BCUT2D eigenvalue weighted by atomic mass is 19.1. The third-order valence-corrected chi connectivity index (χ3v) is 8.64. The number of aromatic hydroxyl groups is 1. The van der Waals surface area contributed by atoms with Crippen LogP contribution < -0.4 is 9.80 Å². The third-order valence-electron chi connectivity index (χ3n) is 8.64. The molecule has 1 amide bonds. The zero-order valence-electron chi connectivity index (χ0n) is 25.8. The number of aromatic nitrogens is 4. The molecule has 0 unspecified atom stereocenters. The van der Waals surface area contributed by atoms with Crippen LogP contribution in [0, 0.1) is 5.82 Å². The summed E-state index contributed by atoms with van der Waals surface area (Å²) in [5.74, 6) is 0.549. The van der Waals surface area contributed by atoms with Crippen LogP contribution in [-0.4, -0.2) is 123 Å². The van der Waals surface area contributed by atoms with E-state index >= 15 is 4.39 Å². The van der Waals surface area contributed by atoms with Crippen LogP contribution in [0.5, 0.6) is 5.75 Å². The fraction of sp³-hybridized carbons (Fsp3) is 0.438. The van der Waals surface area contributed by atoms with Gasteiger partial charge in [0.2, 0.25) is 5.82 Å². The largest absolute Gasteiger partial charge is 0.508 e. The van der Waals surface area contributed by atoms with E-state index in [9.17, 15) is 15.0 Å². The smallest absolute Gasteiger partial charge is 0.407 e. The summed E-state index contributed by atoms with van der Waals surface area (Å²) in [6.07, 6.45) is 4.02. The van der Waals surface area contributed by atoms with Crippen molar-refractivity contribution < 1.29 is 19.4 Å². The third kappa shape index (κ3) is 6.79. The number of likely N-dealkylation sites (N-methyl/N-ethyl adjacent to an activating group) is 1. The van der Waals surface area contributed by atoms with Crippen LogP contribution in [0.15, 0.2) is 54.9 Å². The molecule has 0 aliphatic carbocycles. The Bertz CT molecular complexity index is 1640. The topological polar surface area (TPSA) is 117 Å². The number of carboxylic acid groups (broad SMARTS) is 1. The van der Waals surface area contributed by atoms with E-state index in [0.29, 0.717) is 70.2 Å². The van der Waals surface area contributed by atoms with Crippen molar-refractivity contribution in [2.45, 2.75) is 25.4 Å². The predicted octanol–water partition coefficient (Wildman–Crippen LogP) is 3.47. The van der Waals surface area contributed by atoms with E-state index in [-0.39, 0.29) is 30.0 Å². The zero-order chi connectivity index (χ0) is 31.5. The number of fused-ring (bicyclic) bond motifs is 1. The molecule has 2 fully saturated rings. The molecule has 1 atom stereocenters. The number of anilines is 2. The molecule has 3 aromatic heterocycles. The maximum absolute atomic E-state index is 16.9. The Kier molecular flexibility index (Phi) is 8.99. The van der Waals surface area contributed by atoms with E-state index < -0.39 is 11.9 Å². The standard InChI is InChI=1S/C32H40FN9O3/c1-37(2)13-18-41(24-8-6-11-40(22-24)32(44)45)31-28(33)30(35-29(36-31)26-20-34-42-12-4-3-10-27(26)42)39-16-14-38(15-17-39)21-23-7-5-9-25(43)19-23/h3-5,7,9-10,12,19-20,24,43H,6,8,11,13-18,21-22H2,1-2H3,(H,44,45)/t24-/m1/s1. The van der Waals surface area contributed by atoms with E-state index in [4.69, 9.17) is 9.97 Å². The predicted molar refractivity (Wildman–Crippen MR) is 170 cm³/mol. The van der Waals surface area contributed by atoms with Crippen molar-refractivity contribution in [1.29, 1.82) is 0 Å². The molecule has 0 spiro atoms. The minimum absolute atomic E-state index is 0.187. The van der Waals surface area contributed by atoms with Gasteiger partial charge in [-0.15, -0.1) is 0 Å². The Labute approximate surface area is 261 Å². The van der Waals surface area contributed by atoms with Gasteiger partial charge in [-0.25, -0.2) is 19.3 Å². The van der Waals surface area contributed by atoms with Crippen LogP contribution in [-0.2, 0) is 6.54 Å². The number of hydrogen-bond donors (Lipinski definition) is 2. The number of rotatable bonds is 9. The number of pyridine rings is 1. The molecular formula is C32H40FN9O3. The summed E-state index contributed by atoms with van der Waals surface area (Å²) in [5.41, 5.74) is 2.53. The summed E-state index contributed by atoms with van der Waals surface area (Å²) in [5, 5.41) is 24.1. The SMILES string of the molecule is CN(C)CCN(c1nc(-c2cnn3ccccc23)nc(N2CCN(Cc3cccc(O)c3)CC2)c1F)[C@@H]1CCCN(C(=O)O)C1. The Morgan fingerprint density at radius 1 is 1.04 bits per heavy atom. The second kappa shape index (κ2) is 13.2. The molecular weight excluding hydrogens is 577 g/mol. The van der Waals surface area contributed by atoms with Crippen molar-refractivity contribution >= 4 is 23.2 Å². The molecule has 2 N–H and O–H groups in total. The zero-order valence-corrected chi connectivity index (χ0v) is 25.8. The molecule has 0 bridgehead atoms. The molecule has 5 heterocycles. The summed E-state index contributed by atoms with van der Waals surface area (Å²) >= 11 is 0. The highest BCUT2D eigenvalue weighted by molar-refractivity contribution is 5.77. The fourth-order valence-electron chi connectivity index (χ4n) is 6.23. The van der Waals surface area contributed by atoms with Gasteiger partial charge in [0.15, 0.2) is 17.5 Å². The number of piperazine rings is 1. The second-order valence-corrected chi connectivity index (χ2v) is 12.1. The second-order valence-electron chi connectivity index (χ2n) is 12.1. The minimum Gasteiger partial charge on any atom is -0.508 e. The van der Waals surface area contributed by atoms with Crippen LogP contribution in [0.3, 0.4) is 0 Å². The minimum atomic E-state index is -0.966. The van der Waals surface area contributed by atoms with Crippen LogP contribution in [0.2, 0.25) is 0 Å². The normalized spacial score (nSPS) is 17.7. The average molecular weight is 618 g/mol. The van der Waals surface area contributed by atoms with Gasteiger partial charge in [-0.2, -0.15) is 9.49 Å². The van der Waals surface area contributed by atoms with Crippen molar-refractivity contribution in [2.75, 3.05) is 76.3 Å². The molecule has 4 aromatic rings. The molecule has 238 valence electrons. The molecule has 12 nitrogen and oxygen atoms in total. The van der Waals surface area contributed by atoms with Crippen LogP contribution >= 0.6 is 0 Å². The quantitative estimate of drug-likeness (QED) is 0.289. The molecule has 0 radical (unpaired) electrons. The van der Waals surface area contributed by atoms with Crippen LogP contribution in [0.4, 0.5) is 20.8 Å². The van der Waals surface area contributed by atoms with Gasteiger partial charge in [-0.05, 0) is 56.8 Å². The maximum Gasteiger partial charge on any atom is 0.407 e. The number of piperidine rings is 1. The van der Waals surface area contributed by atoms with Crippen LogP contribution in [0.1, 0.15) is 18.4 Å². The van der Waals surface area contributed by atoms with Gasteiger partial charge in [-0.3, -0.25) is 4.90 Å². The summed E-state index contributed by atoms with van der Waals surface area (Å²) in [4.78, 5) is 31.3. The monoisotopic (exact) mass is 617 g/mol. The first-order valence-electron chi connectivity index (χ1n) is 15.4. The molecule has 13 heteroatoms. The number of nitrogens with zero attached hydrogens (tertiary/aromatic N) is 9. The highest BCUT2D eigenvalue weighted by Crippen LogP contribution is 2.33. The van der Waals surface area contributed by atoms with Crippen molar-refractivity contribution in [2.24, 2.45) is 0 Å². The first-order valence-corrected chi connectivity index (χ1v) is 15.4. The van der Waals surface area contributed by atoms with Crippen molar-refractivity contribution in [1.82, 2.24) is 34.3 Å². The number of likely N-dealkylation sites (tertiary alicyclic amines) is 1. The molecule has 2 aliphatic rings. The van der Waals surface area contributed by atoms with Crippen molar-refractivity contribution in [3.05, 3.63) is 66.2 Å². The Balaban J connectivity index is 1.37. The molecule has 2 saturated heterocycles. The molecule has 2 aliphatic heterocycles. The summed E-state index contributed by atoms with van der Waals surface area (Å²) in [6, 6.07) is 12.8. The first-order chi connectivity index (χ1) is 21.8. The lowest BCUT2D eigenvalue weighted by atomic mass is 10.0. The number of benzene rings is 1. The number of amides is 1. The Morgan fingerprint density at radius 3 is 2.62 bits per heavy atom. The molecule has 45 heavy (non-hydrogen) atoms. The summed E-state index contributed by atoms with van der Waals surface area (Å²) < 4.78 is 18.6. The lowest BCUT2D eigenvalue weighted by Gasteiger charge is -2.40. The Morgan fingerprint density at radius 2 is 1.87 bits per heavy atom. The van der Waals surface area contributed by atoms with Crippen molar-refractivity contribution in [3.8, 4) is 17.1 Å². The van der Waals surface area contributed by atoms with Crippen molar-refractivity contribution in [3.63, 3.8) is 0 Å². The molecule has 1 aromatic carbocycles. The van der Waals surface area contributed by atoms with Gasteiger partial charge in [0.1, 0.15) is 5.75 Å². The van der Waals surface area contributed by atoms with E-state index in [1.807, 2.05) is 65.3 Å². The van der Waals surface area contributed by atoms with Gasteiger partial charge >= 0.3 is 6.09 Å². The number of phenols is 1. The lowest BCUT2D eigenvalue weighted by molar-refractivity contribution is 0.129. The number of hydrogen-bond acceptors (Lipinski definition) is 9. The number of carbonyl (C=O) groups is 1. The summed E-state index contributed by atoms with van der Waals surface area (Å²) in [6.45, 7) is 5.07. The number of halogens is 1. The van der Waals surface area contributed by atoms with E-state index in [1.54, 1.807) is 22.8 Å². The average Bonchev–Trinajstić information content (AvgIpc) is 3.47. The van der Waals surface area contributed by atoms with Gasteiger partial charge in [-0.1, -0.05) is 18.2 Å². The number of phenolic OH excluding ortho intramolecular Hbond substituents is 1. The lowest BCUT2D eigenvalue weighted by Crippen LogP contribution is -2.52. The fourth-order valence-corrected chi connectivity index (χ4v) is 6.23. The van der Waals surface area contributed by atoms with E-state index in [0.717, 1.165) is 17.5 Å². The summed E-state index contributed by atoms with van der Waals surface area (Å²) in [7, 11) is 3.93. The van der Waals surface area contributed by atoms with Gasteiger partial charge in [0.25, 0.3) is 0 Å². The molecule has 6 rings (SSSR count). The van der Waals surface area contributed by atoms with Gasteiger partial charge in [0.05, 0.1) is 17.3 Å². The maximum atomic E-state index is 16.9. The molecule has 0 saturated carbocycles. The Hall–Kier alpha value is -4.49. The van der Waals surface area contributed by atoms with E-state index in [1.165, 1.54) is 4.90 Å². The van der Waals surface area contributed by atoms with Gasteiger partial charge < -0.3 is 29.8 Å². The first kappa shape index (κ1) is 30.5. The van der Waals surface area contributed by atoms with Crippen LogP contribution in [0.25, 0.3) is 16.9 Å². The van der Waals surface area contributed by atoms with E-state index in [2.05, 4.69) is 10.00 Å². The highest BCUT2D eigenvalue weighted by Gasteiger charge is 2.33. The van der Waals surface area contributed by atoms with Gasteiger partial charge in [0, 0.05) is 71.1 Å².